The molecule has 0 bridgehead atoms. The molecule has 2 N–H and O–H groups in total. The zero-order chi connectivity index (χ0) is 26.2. The number of amides is 1. The number of rotatable bonds is 3. The van der Waals surface area contributed by atoms with Crippen LogP contribution >= 0.6 is 0 Å². The molecule has 2 aromatic rings. The van der Waals surface area contributed by atoms with Crippen LogP contribution in [0.25, 0.3) is 11.1 Å². The van der Waals surface area contributed by atoms with E-state index in [9.17, 15) is 18.3 Å². The van der Waals surface area contributed by atoms with Crippen LogP contribution in [0.2, 0.25) is 0 Å². The van der Waals surface area contributed by atoms with Crippen molar-refractivity contribution >= 4 is 15.9 Å². The molecule has 8 nitrogen and oxygen atoms in total. The fraction of sp³-hybridized carbons (Fsp3) is 0.536. The molecular formula is C28H37N3O5S. The molecule has 0 radical (unpaired) electrons. The lowest BCUT2D eigenvalue weighted by Gasteiger charge is -2.43. The van der Waals surface area contributed by atoms with Crippen LogP contribution in [0.1, 0.15) is 39.5 Å². The summed E-state index contributed by atoms with van der Waals surface area (Å²) in [7, 11) is -4.09. The molecule has 3 aliphatic rings. The molecule has 5 rings (SSSR count). The number of benzene rings is 2. The van der Waals surface area contributed by atoms with Crippen molar-refractivity contribution in [2.45, 2.75) is 62.1 Å². The number of hydrogen-bond acceptors (Lipinski definition) is 6. The summed E-state index contributed by atoms with van der Waals surface area (Å²) in [5, 5.41) is 13.7. The predicted molar refractivity (Wildman–Crippen MR) is 142 cm³/mol. The van der Waals surface area contributed by atoms with E-state index in [0.29, 0.717) is 18.9 Å². The Morgan fingerprint density at radius 3 is 2.51 bits per heavy atom. The lowest BCUT2D eigenvalue weighted by Crippen LogP contribution is -2.59. The van der Waals surface area contributed by atoms with Crippen molar-refractivity contribution in [3.8, 4) is 16.9 Å². The molecule has 2 fully saturated rings. The third kappa shape index (κ3) is 5.41. The van der Waals surface area contributed by atoms with Gasteiger partial charge < -0.3 is 20.1 Å². The quantitative estimate of drug-likeness (QED) is 0.637. The van der Waals surface area contributed by atoms with Crippen LogP contribution in [-0.4, -0.2) is 79.1 Å². The molecule has 2 atom stereocenters. The third-order valence-electron chi connectivity index (χ3n) is 7.84. The summed E-state index contributed by atoms with van der Waals surface area (Å²) >= 11 is 0. The van der Waals surface area contributed by atoms with E-state index in [1.54, 1.807) is 18.2 Å². The fourth-order valence-corrected chi connectivity index (χ4v) is 7.63. The Labute approximate surface area is 219 Å². The van der Waals surface area contributed by atoms with Gasteiger partial charge in [-0.1, -0.05) is 50.2 Å². The van der Waals surface area contributed by atoms with Crippen LogP contribution in [-0.2, 0) is 14.8 Å². The molecule has 2 aromatic carbocycles. The summed E-state index contributed by atoms with van der Waals surface area (Å²) in [6.45, 7) is 7.32. The minimum absolute atomic E-state index is 0.0294. The van der Waals surface area contributed by atoms with Gasteiger partial charge >= 0.3 is 0 Å². The largest absolute Gasteiger partial charge is 0.492 e. The first-order chi connectivity index (χ1) is 17.7. The first-order valence-electron chi connectivity index (χ1n) is 13.2. The normalized spacial score (nSPS) is 26.1. The van der Waals surface area contributed by atoms with E-state index in [-0.39, 0.29) is 29.5 Å². The van der Waals surface area contributed by atoms with Gasteiger partial charge in [0.25, 0.3) is 0 Å². The molecule has 0 saturated carbocycles. The van der Waals surface area contributed by atoms with E-state index in [2.05, 4.69) is 24.1 Å². The number of hydrogen-bond donors (Lipinski definition) is 2. The summed E-state index contributed by atoms with van der Waals surface area (Å²) in [6, 6.07) is 13.9. The van der Waals surface area contributed by atoms with Crippen LogP contribution in [0.5, 0.6) is 5.75 Å². The molecule has 1 amide bonds. The van der Waals surface area contributed by atoms with Crippen molar-refractivity contribution in [2.24, 2.45) is 5.92 Å². The number of ether oxygens (including phenoxy) is 1. The van der Waals surface area contributed by atoms with E-state index in [1.807, 2.05) is 30.3 Å². The maximum absolute atomic E-state index is 13.8. The lowest BCUT2D eigenvalue weighted by molar-refractivity contribution is -0.127. The molecule has 3 aliphatic heterocycles. The number of sulfonamides is 1. The summed E-state index contributed by atoms with van der Waals surface area (Å²) in [6.07, 6.45) is 1.31. The molecule has 0 unspecified atom stereocenters. The van der Waals surface area contributed by atoms with Gasteiger partial charge in [-0.05, 0) is 42.0 Å². The summed E-state index contributed by atoms with van der Waals surface area (Å²) in [4.78, 5) is 16.0. The maximum Gasteiger partial charge on any atom is 0.247 e. The number of likely N-dealkylation sites (tertiary alicyclic amines) is 1. The van der Waals surface area contributed by atoms with Gasteiger partial charge in [-0.25, -0.2) is 8.42 Å². The first kappa shape index (κ1) is 26.2. The molecule has 0 aromatic heterocycles. The standard InChI is InChI=1S/C28H37N3O5S/c1-20(2)18-30-13-10-28(11-14-30)12-15-36-25-16-22(21-6-4-3-5-7-21)8-9-26(25)37(34,35)31-19-23(32)17-24(31)27(33)29-28/h3-9,16,20,23-24,32H,10-15,17-19H2,1-2H3,(H,29,33)/t23-,24+/m1/s1. The minimum Gasteiger partial charge on any atom is -0.492 e. The van der Waals surface area contributed by atoms with Gasteiger partial charge in [-0.15, -0.1) is 0 Å². The number of nitrogens with zero attached hydrogens (tertiary/aromatic N) is 2. The zero-order valence-electron chi connectivity index (χ0n) is 21.6. The highest BCUT2D eigenvalue weighted by atomic mass is 32.2. The molecule has 1 spiro atoms. The minimum atomic E-state index is -4.09. The predicted octanol–water partition coefficient (Wildman–Crippen LogP) is 2.87. The SMILES string of the molecule is CC(C)CN1CCC2(CCOc3cc(-c4ccccc4)ccc3S(=O)(=O)N3C[C@H](O)C[C@H]3C(=O)N2)CC1. The van der Waals surface area contributed by atoms with Crippen molar-refractivity contribution < 1.29 is 23.1 Å². The van der Waals surface area contributed by atoms with Crippen LogP contribution in [0.15, 0.2) is 53.4 Å². The number of aliphatic hydroxyl groups is 1. The molecule has 3 heterocycles. The number of carbonyl (C=O) groups excluding carboxylic acids is 1. The van der Waals surface area contributed by atoms with Crippen molar-refractivity contribution in [1.82, 2.24) is 14.5 Å². The maximum atomic E-state index is 13.8. The van der Waals surface area contributed by atoms with Gasteiger partial charge in [0, 0.05) is 44.6 Å². The van der Waals surface area contributed by atoms with Crippen LogP contribution in [0.4, 0.5) is 0 Å². The van der Waals surface area contributed by atoms with Crippen molar-refractivity contribution in [2.75, 3.05) is 32.8 Å². The van der Waals surface area contributed by atoms with Crippen molar-refractivity contribution in [3.05, 3.63) is 48.5 Å². The van der Waals surface area contributed by atoms with Gasteiger partial charge in [0.05, 0.1) is 12.7 Å². The van der Waals surface area contributed by atoms with Gasteiger partial charge in [-0.3, -0.25) is 4.79 Å². The van der Waals surface area contributed by atoms with Crippen LogP contribution in [0.3, 0.4) is 0 Å². The zero-order valence-corrected chi connectivity index (χ0v) is 22.4. The highest BCUT2D eigenvalue weighted by Crippen LogP contribution is 2.37. The number of fused-ring (bicyclic) bond motifs is 2. The number of piperidine rings is 1. The van der Waals surface area contributed by atoms with E-state index < -0.39 is 27.7 Å². The van der Waals surface area contributed by atoms with E-state index in [0.717, 1.165) is 47.9 Å². The summed E-state index contributed by atoms with van der Waals surface area (Å²) < 4.78 is 35.0. The lowest BCUT2D eigenvalue weighted by atomic mass is 9.83. The monoisotopic (exact) mass is 527 g/mol. The van der Waals surface area contributed by atoms with E-state index in [4.69, 9.17) is 4.74 Å². The third-order valence-corrected chi connectivity index (χ3v) is 9.75. The number of nitrogens with one attached hydrogen (secondary N) is 1. The van der Waals surface area contributed by atoms with Gasteiger partial charge in [0.1, 0.15) is 16.7 Å². The molecule has 0 aliphatic carbocycles. The Hall–Kier alpha value is -2.46. The topological polar surface area (TPSA) is 99.2 Å². The van der Waals surface area contributed by atoms with Crippen LogP contribution < -0.4 is 10.1 Å². The molecular weight excluding hydrogens is 490 g/mol. The summed E-state index contributed by atoms with van der Waals surface area (Å²) in [5.41, 5.74) is 1.34. The highest BCUT2D eigenvalue weighted by molar-refractivity contribution is 7.89. The van der Waals surface area contributed by atoms with E-state index >= 15 is 0 Å². The second-order valence-electron chi connectivity index (χ2n) is 11.1. The van der Waals surface area contributed by atoms with Crippen molar-refractivity contribution in [3.63, 3.8) is 0 Å². The second kappa shape index (κ2) is 10.4. The Morgan fingerprint density at radius 2 is 1.81 bits per heavy atom. The molecule has 200 valence electrons. The van der Waals surface area contributed by atoms with Crippen molar-refractivity contribution in [1.29, 1.82) is 0 Å². The smallest absolute Gasteiger partial charge is 0.247 e. The Bertz CT molecular complexity index is 1230. The Morgan fingerprint density at radius 1 is 1.08 bits per heavy atom. The fourth-order valence-electron chi connectivity index (χ4n) is 5.88. The van der Waals surface area contributed by atoms with Gasteiger partial charge in [0.2, 0.25) is 15.9 Å². The molecule has 2 saturated heterocycles. The molecule has 9 heteroatoms. The second-order valence-corrected chi connectivity index (χ2v) is 12.9. The number of aliphatic hydroxyl groups excluding tert-OH is 1. The summed E-state index contributed by atoms with van der Waals surface area (Å²) in [5.74, 6) is 0.513. The molecule has 37 heavy (non-hydrogen) atoms. The highest BCUT2D eigenvalue weighted by Gasteiger charge is 2.47. The van der Waals surface area contributed by atoms with Gasteiger partial charge in [-0.2, -0.15) is 4.31 Å². The average Bonchev–Trinajstić information content (AvgIpc) is 3.28. The number of carbonyl (C=O) groups is 1. The Kier molecular flexibility index (Phi) is 7.33. The van der Waals surface area contributed by atoms with E-state index in [1.165, 1.54) is 0 Å². The van der Waals surface area contributed by atoms with Gasteiger partial charge in [0.15, 0.2) is 0 Å². The van der Waals surface area contributed by atoms with Crippen LogP contribution in [0, 0.1) is 5.92 Å². The Balaban J connectivity index is 1.51. The first-order valence-corrected chi connectivity index (χ1v) is 14.7. The average molecular weight is 528 g/mol.